The van der Waals surface area contributed by atoms with E-state index in [1.165, 1.54) is 12.0 Å². The summed E-state index contributed by atoms with van der Waals surface area (Å²) in [6.45, 7) is 6.85. The first-order chi connectivity index (χ1) is 11.3. The molecule has 0 N–H and O–H groups in total. The Kier molecular flexibility index (Phi) is 6.09. The maximum Gasteiger partial charge on any atom is 0.160 e. The van der Waals surface area contributed by atoms with Crippen molar-refractivity contribution in [1.29, 1.82) is 0 Å². The lowest BCUT2D eigenvalue weighted by Gasteiger charge is -2.35. The molecule has 0 amide bonds. The van der Waals surface area contributed by atoms with Gasteiger partial charge in [-0.3, -0.25) is 0 Å². The normalized spacial score (nSPS) is 33.6. The third-order valence-corrected chi connectivity index (χ3v) is 5.44. The molecule has 1 aliphatic carbocycles. The monoisotopic (exact) mass is 318 g/mol. The predicted molar refractivity (Wildman–Crippen MR) is 91.0 cm³/mol. The molecule has 1 saturated carbocycles. The maximum absolute atomic E-state index is 6.26. The van der Waals surface area contributed by atoms with Gasteiger partial charge in [-0.2, -0.15) is 0 Å². The van der Waals surface area contributed by atoms with Crippen molar-refractivity contribution in [3.8, 4) is 0 Å². The summed E-state index contributed by atoms with van der Waals surface area (Å²) in [5, 5.41) is 0. The second-order valence-electron chi connectivity index (χ2n) is 7.02. The molecule has 23 heavy (non-hydrogen) atoms. The Morgan fingerprint density at radius 3 is 2.78 bits per heavy atom. The minimum Gasteiger partial charge on any atom is -0.373 e. The number of fused-ring (bicyclic) bond motifs is 1. The van der Waals surface area contributed by atoms with E-state index in [2.05, 4.69) is 38.1 Å². The first-order valence-corrected chi connectivity index (χ1v) is 9.18. The van der Waals surface area contributed by atoms with Crippen molar-refractivity contribution in [2.75, 3.05) is 13.2 Å². The quantitative estimate of drug-likeness (QED) is 0.697. The lowest BCUT2D eigenvalue weighted by molar-refractivity contribution is -0.211. The Morgan fingerprint density at radius 1 is 1.17 bits per heavy atom. The van der Waals surface area contributed by atoms with E-state index in [9.17, 15) is 0 Å². The van der Waals surface area contributed by atoms with Gasteiger partial charge in [0.05, 0.1) is 19.3 Å². The van der Waals surface area contributed by atoms with Crippen LogP contribution >= 0.6 is 0 Å². The van der Waals surface area contributed by atoms with Crippen molar-refractivity contribution in [2.24, 2.45) is 17.8 Å². The largest absolute Gasteiger partial charge is 0.373 e. The second kappa shape index (κ2) is 8.27. The summed E-state index contributed by atoms with van der Waals surface area (Å²) in [6, 6.07) is 10.5. The summed E-state index contributed by atoms with van der Waals surface area (Å²) in [5.74, 6) is 1.67. The van der Waals surface area contributed by atoms with E-state index < -0.39 is 0 Å². The van der Waals surface area contributed by atoms with Gasteiger partial charge in [0, 0.05) is 12.5 Å². The molecule has 0 aromatic heterocycles. The number of benzene rings is 1. The van der Waals surface area contributed by atoms with Crippen molar-refractivity contribution in [3.05, 3.63) is 35.9 Å². The molecular formula is C20H30O3. The van der Waals surface area contributed by atoms with Gasteiger partial charge in [0.2, 0.25) is 0 Å². The number of hydrogen-bond donors (Lipinski definition) is 0. The van der Waals surface area contributed by atoms with Crippen LogP contribution in [-0.2, 0) is 20.8 Å². The van der Waals surface area contributed by atoms with Crippen molar-refractivity contribution < 1.29 is 14.2 Å². The minimum atomic E-state index is -0.0272. The fourth-order valence-electron chi connectivity index (χ4n) is 4.07. The van der Waals surface area contributed by atoms with Crippen LogP contribution in [0.5, 0.6) is 0 Å². The van der Waals surface area contributed by atoms with Gasteiger partial charge in [-0.25, -0.2) is 0 Å². The third kappa shape index (κ3) is 4.14. The zero-order valence-corrected chi connectivity index (χ0v) is 14.4. The molecule has 0 spiro atoms. The van der Waals surface area contributed by atoms with E-state index in [4.69, 9.17) is 14.2 Å². The minimum absolute atomic E-state index is 0.0272. The van der Waals surface area contributed by atoms with Gasteiger partial charge in [0.25, 0.3) is 0 Å². The van der Waals surface area contributed by atoms with Gasteiger partial charge in [0.15, 0.2) is 6.29 Å². The van der Waals surface area contributed by atoms with Crippen LogP contribution in [0.2, 0.25) is 0 Å². The highest BCUT2D eigenvalue weighted by molar-refractivity contribution is 5.13. The molecule has 1 aromatic rings. The van der Waals surface area contributed by atoms with E-state index in [0.29, 0.717) is 30.5 Å². The van der Waals surface area contributed by atoms with Gasteiger partial charge in [0.1, 0.15) is 0 Å². The Hall–Kier alpha value is -0.900. The van der Waals surface area contributed by atoms with E-state index in [1.807, 2.05) is 6.07 Å². The number of rotatable bonds is 7. The van der Waals surface area contributed by atoms with Gasteiger partial charge >= 0.3 is 0 Å². The predicted octanol–water partition coefficient (Wildman–Crippen LogP) is 4.41. The van der Waals surface area contributed by atoms with Crippen LogP contribution in [0.15, 0.2) is 30.3 Å². The summed E-state index contributed by atoms with van der Waals surface area (Å²) in [5.41, 5.74) is 1.25. The van der Waals surface area contributed by atoms with E-state index in [-0.39, 0.29) is 6.29 Å². The number of ether oxygens (including phenoxy) is 3. The van der Waals surface area contributed by atoms with Crippen molar-refractivity contribution in [3.63, 3.8) is 0 Å². The molecule has 128 valence electrons. The van der Waals surface area contributed by atoms with Gasteiger partial charge < -0.3 is 14.2 Å². The lowest BCUT2D eigenvalue weighted by atomic mass is 9.86. The summed E-state index contributed by atoms with van der Waals surface area (Å²) in [6.07, 6.45) is 4.87. The van der Waals surface area contributed by atoms with Crippen molar-refractivity contribution >= 4 is 0 Å². The van der Waals surface area contributed by atoms with E-state index >= 15 is 0 Å². The summed E-state index contributed by atoms with van der Waals surface area (Å²) < 4.78 is 18.2. The van der Waals surface area contributed by atoms with Crippen LogP contribution in [0.25, 0.3) is 0 Å². The fraction of sp³-hybridized carbons (Fsp3) is 0.700. The average molecular weight is 318 g/mol. The molecule has 0 radical (unpaired) electrons. The van der Waals surface area contributed by atoms with Gasteiger partial charge in [-0.05, 0) is 36.7 Å². The first-order valence-electron chi connectivity index (χ1n) is 9.18. The lowest BCUT2D eigenvalue weighted by Crippen LogP contribution is -2.39. The number of unbranched alkanes of at least 4 members (excludes halogenated alkanes) is 1. The highest BCUT2D eigenvalue weighted by Gasteiger charge is 2.48. The Bertz CT molecular complexity index is 461. The standard InChI is InChI=1S/C20H30O3/c1-3-4-11-21-20-19-15(2)18(13-17(19)10-12-22-20)23-14-16-8-6-5-7-9-16/h5-9,15,17-20H,3-4,10-14H2,1-2H3/t15-,17-,18+,19+,20+/m0/s1. The molecule has 0 bridgehead atoms. The Morgan fingerprint density at radius 2 is 2.00 bits per heavy atom. The molecule has 3 heteroatoms. The van der Waals surface area contributed by atoms with Crippen LogP contribution in [0, 0.1) is 17.8 Å². The van der Waals surface area contributed by atoms with Crippen molar-refractivity contribution in [2.45, 2.75) is 58.5 Å². The van der Waals surface area contributed by atoms with E-state index in [1.54, 1.807) is 0 Å². The van der Waals surface area contributed by atoms with E-state index in [0.717, 1.165) is 32.5 Å². The molecule has 0 unspecified atom stereocenters. The third-order valence-electron chi connectivity index (χ3n) is 5.44. The topological polar surface area (TPSA) is 27.7 Å². The molecule has 2 aliphatic rings. The van der Waals surface area contributed by atoms with Crippen LogP contribution in [0.3, 0.4) is 0 Å². The zero-order chi connectivity index (χ0) is 16.1. The van der Waals surface area contributed by atoms with Gasteiger partial charge in [-0.15, -0.1) is 0 Å². The molecule has 1 aliphatic heterocycles. The fourth-order valence-corrected chi connectivity index (χ4v) is 4.07. The molecule has 3 nitrogen and oxygen atoms in total. The van der Waals surface area contributed by atoms with Crippen LogP contribution in [0.4, 0.5) is 0 Å². The Labute approximate surface area is 140 Å². The summed E-state index contributed by atoms with van der Waals surface area (Å²) >= 11 is 0. The molecule has 1 aromatic carbocycles. The summed E-state index contributed by atoms with van der Waals surface area (Å²) in [4.78, 5) is 0. The van der Waals surface area contributed by atoms with Crippen LogP contribution in [0.1, 0.15) is 45.1 Å². The van der Waals surface area contributed by atoms with Crippen LogP contribution in [-0.4, -0.2) is 25.6 Å². The Balaban J connectivity index is 1.56. The molecular weight excluding hydrogens is 288 g/mol. The molecule has 1 heterocycles. The molecule has 3 rings (SSSR count). The number of hydrogen-bond acceptors (Lipinski definition) is 3. The molecule has 1 saturated heterocycles. The second-order valence-corrected chi connectivity index (χ2v) is 7.02. The highest BCUT2D eigenvalue weighted by Crippen LogP contribution is 2.46. The summed E-state index contributed by atoms with van der Waals surface area (Å²) in [7, 11) is 0. The van der Waals surface area contributed by atoms with Crippen LogP contribution < -0.4 is 0 Å². The molecule has 5 atom stereocenters. The van der Waals surface area contributed by atoms with Crippen molar-refractivity contribution in [1.82, 2.24) is 0 Å². The average Bonchev–Trinajstić information content (AvgIpc) is 2.91. The molecule has 2 fully saturated rings. The smallest absolute Gasteiger partial charge is 0.160 e. The van der Waals surface area contributed by atoms with Gasteiger partial charge in [-0.1, -0.05) is 50.6 Å². The zero-order valence-electron chi connectivity index (χ0n) is 14.4. The SMILES string of the molecule is CCCCO[C@@H]1OCC[C@H]2C[C@@H](OCc3ccccc3)[C@H](C)[C@H]21. The highest BCUT2D eigenvalue weighted by atomic mass is 16.7. The first kappa shape index (κ1) is 16.9. The maximum atomic E-state index is 6.26.